The van der Waals surface area contributed by atoms with Crippen molar-refractivity contribution in [1.29, 1.82) is 0 Å². The maximum atomic E-state index is 9.35. The van der Waals surface area contributed by atoms with E-state index in [1.54, 1.807) is 6.92 Å². The van der Waals surface area contributed by atoms with Crippen molar-refractivity contribution in [3.63, 3.8) is 0 Å². The number of hydrogen-bond acceptors (Lipinski definition) is 5. The monoisotopic (exact) mass is 177 g/mol. The molecule has 1 saturated heterocycles. The van der Waals surface area contributed by atoms with E-state index in [2.05, 4.69) is 0 Å². The highest BCUT2D eigenvalue weighted by molar-refractivity contribution is 4.92. The topological polar surface area (TPSA) is 95.9 Å². The summed E-state index contributed by atoms with van der Waals surface area (Å²) >= 11 is 0. The highest BCUT2D eigenvalue weighted by Gasteiger charge is 2.39. The first-order valence-electron chi connectivity index (χ1n) is 3.96. The molecule has 1 rings (SSSR count). The lowest BCUT2D eigenvalue weighted by Crippen LogP contribution is -2.61. The van der Waals surface area contributed by atoms with Crippen molar-refractivity contribution in [3.05, 3.63) is 0 Å². The van der Waals surface area contributed by atoms with Gasteiger partial charge in [0, 0.05) is 0 Å². The van der Waals surface area contributed by atoms with Gasteiger partial charge in [-0.1, -0.05) is 0 Å². The average Bonchev–Trinajstić information content (AvgIpc) is 2.08. The van der Waals surface area contributed by atoms with E-state index >= 15 is 0 Å². The van der Waals surface area contributed by atoms with E-state index < -0.39 is 30.5 Å². The Balaban J connectivity index is 2.63. The zero-order valence-corrected chi connectivity index (χ0v) is 6.92. The predicted molar refractivity (Wildman–Crippen MR) is 41.4 cm³/mol. The van der Waals surface area contributed by atoms with Gasteiger partial charge in [0.2, 0.25) is 0 Å². The van der Waals surface area contributed by atoms with E-state index in [1.165, 1.54) is 0 Å². The Morgan fingerprint density at radius 1 is 1.33 bits per heavy atom. The molecule has 0 aromatic rings. The molecule has 72 valence electrons. The summed E-state index contributed by atoms with van der Waals surface area (Å²) in [6.45, 7) is 1.39. The van der Waals surface area contributed by atoms with Gasteiger partial charge in [0.15, 0.2) is 0 Å². The summed E-state index contributed by atoms with van der Waals surface area (Å²) in [6.07, 6.45) is -3.07. The fourth-order valence-corrected chi connectivity index (χ4v) is 1.34. The molecule has 0 radical (unpaired) electrons. The molecule has 5 atom stereocenters. The van der Waals surface area contributed by atoms with Gasteiger partial charge < -0.3 is 25.8 Å². The smallest absolute Gasteiger partial charge is 0.107 e. The van der Waals surface area contributed by atoms with Gasteiger partial charge >= 0.3 is 0 Å². The fraction of sp³-hybridized carbons (Fsp3) is 1.00. The van der Waals surface area contributed by atoms with Crippen LogP contribution >= 0.6 is 0 Å². The van der Waals surface area contributed by atoms with Crippen LogP contribution in [0.3, 0.4) is 0 Å². The van der Waals surface area contributed by atoms with Crippen LogP contribution in [-0.4, -0.2) is 52.4 Å². The van der Waals surface area contributed by atoms with E-state index in [0.717, 1.165) is 0 Å². The van der Waals surface area contributed by atoms with Gasteiger partial charge in [0.05, 0.1) is 24.9 Å². The molecular formula is C7H15NO4. The third-order valence-corrected chi connectivity index (χ3v) is 2.22. The number of rotatable bonds is 1. The van der Waals surface area contributed by atoms with Crippen molar-refractivity contribution in [3.8, 4) is 0 Å². The molecule has 1 heterocycles. The lowest BCUT2D eigenvalue weighted by molar-refractivity contribution is -0.180. The van der Waals surface area contributed by atoms with Crippen molar-refractivity contribution in [2.24, 2.45) is 5.73 Å². The molecule has 0 spiro atoms. The lowest BCUT2D eigenvalue weighted by Gasteiger charge is -2.39. The molecule has 1 aliphatic rings. The Labute approximate surface area is 70.8 Å². The van der Waals surface area contributed by atoms with Gasteiger partial charge in [-0.15, -0.1) is 0 Å². The molecule has 5 heteroatoms. The molecule has 5 nitrogen and oxygen atoms in total. The molecule has 0 aliphatic carbocycles. The Morgan fingerprint density at radius 3 is 2.42 bits per heavy atom. The standard InChI is InChI=1S/C7H15NO4/c1-3-6(10)7(11)5(8)4(2-9)12-3/h3-7,9-11H,2,8H2,1H3/t3-,4+,5?,6?,7-/m0/s1. The Morgan fingerprint density at radius 2 is 1.92 bits per heavy atom. The van der Waals surface area contributed by atoms with Crippen molar-refractivity contribution >= 4 is 0 Å². The van der Waals surface area contributed by atoms with Crippen LogP contribution in [0, 0.1) is 0 Å². The van der Waals surface area contributed by atoms with E-state index in [4.69, 9.17) is 15.6 Å². The summed E-state index contributed by atoms with van der Waals surface area (Å²) in [5.41, 5.74) is 5.49. The maximum absolute atomic E-state index is 9.35. The minimum absolute atomic E-state index is 0.241. The maximum Gasteiger partial charge on any atom is 0.107 e. The summed E-state index contributed by atoms with van der Waals surface area (Å²) in [5, 5.41) is 27.4. The molecular weight excluding hydrogens is 162 g/mol. The molecule has 5 N–H and O–H groups in total. The second-order valence-corrected chi connectivity index (χ2v) is 3.12. The molecule has 0 aromatic heterocycles. The van der Waals surface area contributed by atoms with E-state index in [9.17, 15) is 10.2 Å². The van der Waals surface area contributed by atoms with Gasteiger partial charge in [-0.2, -0.15) is 0 Å². The van der Waals surface area contributed by atoms with Crippen molar-refractivity contribution in [2.75, 3.05) is 6.61 Å². The highest BCUT2D eigenvalue weighted by Crippen LogP contribution is 2.18. The summed E-state index contributed by atoms with van der Waals surface area (Å²) in [7, 11) is 0. The minimum atomic E-state index is -1.02. The Bertz CT molecular complexity index is 150. The van der Waals surface area contributed by atoms with Crippen molar-refractivity contribution < 1.29 is 20.1 Å². The second-order valence-electron chi connectivity index (χ2n) is 3.12. The number of nitrogens with two attached hydrogens (primary N) is 1. The van der Waals surface area contributed by atoms with Crippen LogP contribution < -0.4 is 5.73 Å². The average molecular weight is 177 g/mol. The second kappa shape index (κ2) is 3.68. The molecule has 0 aromatic carbocycles. The third kappa shape index (κ3) is 1.60. The highest BCUT2D eigenvalue weighted by atomic mass is 16.5. The molecule has 12 heavy (non-hydrogen) atoms. The molecule has 1 aliphatic heterocycles. The van der Waals surface area contributed by atoms with Gasteiger partial charge in [0.25, 0.3) is 0 Å². The zero-order chi connectivity index (χ0) is 9.30. The first-order chi connectivity index (χ1) is 5.57. The van der Waals surface area contributed by atoms with E-state index in [1.807, 2.05) is 0 Å². The number of ether oxygens (including phenoxy) is 1. The quantitative estimate of drug-likeness (QED) is 0.365. The van der Waals surface area contributed by atoms with Crippen LogP contribution in [0.5, 0.6) is 0 Å². The minimum Gasteiger partial charge on any atom is -0.394 e. The van der Waals surface area contributed by atoms with E-state index in [0.29, 0.717) is 0 Å². The van der Waals surface area contributed by atoms with Gasteiger partial charge in [0.1, 0.15) is 12.2 Å². The van der Waals surface area contributed by atoms with Crippen LogP contribution in [-0.2, 0) is 4.74 Å². The molecule has 2 unspecified atom stereocenters. The molecule has 1 fully saturated rings. The van der Waals surface area contributed by atoms with Gasteiger partial charge in [-0.25, -0.2) is 0 Å². The van der Waals surface area contributed by atoms with Crippen LogP contribution in [0.1, 0.15) is 6.92 Å². The number of aliphatic hydroxyl groups excluding tert-OH is 3. The summed E-state index contributed by atoms with van der Waals surface area (Å²) in [4.78, 5) is 0. The van der Waals surface area contributed by atoms with Crippen LogP contribution in [0.15, 0.2) is 0 Å². The predicted octanol–water partition coefficient (Wildman–Crippen LogP) is -2.18. The summed E-state index contributed by atoms with van der Waals surface area (Å²) < 4.78 is 5.15. The Hall–Kier alpha value is -0.200. The number of hydrogen-bond donors (Lipinski definition) is 4. The fourth-order valence-electron chi connectivity index (χ4n) is 1.34. The third-order valence-electron chi connectivity index (χ3n) is 2.22. The Kier molecular flexibility index (Phi) is 3.03. The number of aliphatic hydroxyl groups is 3. The van der Waals surface area contributed by atoms with Gasteiger partial charge in [-0.05, 0) is 6.92 Å². The van der Waals surface area contributed by atoms with E-state index in [-0.39, 0.29) is 6.61 Å². The van der Waals surface area contributed by atoms with Crippen LogP contribution in [0.25, 0.3) is 0 Å². The normalized spacial score (nSPS) is 49.2. The zero-order valence-electron chi connectivity index (χ0n) is 6.92. The molecule has 0 bridgehead atoms. The summed E-state index contributed by atoms with van der Waals surface area (Å²) in [5.74, 6) is 0. The first kappa shape index (κ1) is 9.88. The first-order valence-corrected chi connectivity index (χ1v) is 3.96. The molecule has 0 amide bonds. The summed E-state index contributed by atoms with van der Waals surface area (Å²) in [6, 6.07) is -0.721. The van der Waals surface area contributed by atoms with Gasteiger partial charge in [-0.3, -0.25) is 0 Å². The van der Waals surface area contributed by atoms with Crippen LogP contribution in [0.2, 0.25) is 0 Å². The largest absolute Gasteiger partial charge is 0.394 e. The van der Waals surface area contributed by atoms with Crippen molar-refractivity contribution in [2.45, 2.75) is 37.4 Å². The van der Waals surface area contributed by atoms with Crippen LogP contribution in [0.4, 0.5) is 0 Å². The molecule has 0 saturated carbocycles. The SMILES string of the molecule is C[C@@H]1O[C@H](CO)C(N)[C@H](O)C1O. The van der Waals surface area contributed by atoms with Crippen molar-refractivity contribution in [1.82, 2.24) is 0 Å². The lowest BCUT2D eigenvalue weighted by atomic mass is 9.94.